The van der Waals surface area contributed by atoms with Crippen LogP contribution < -0.4 is 9.54 Å². The third kappa shape index (κ3) is 4.55. The molecule has 0 radical (unpaired) electrons. The molecule has 0 fully saturated rings. The Kier molecular flexibility index (Phi) is 6.15. The van der Waals surface area contributed by atoms with Crippen LogP contribution in [-0.2, 0) is 11.3 Å². The molecule has 0 aliphatic rings. The molecule has 1 aromatic heterocycles. The first kappa shape index (κ1) is 20.4. The van der Waals surface area contributed by atoms with Crippen LogP contribution in [0, 0.1) is 12.3 Å². The molecule has 0 saturated heterocycles. The molecule has 0 spiro atoms. The summed E-state index contributed by atoms with van der Waals surface area (Å²) in [6.07, 6.45) is 5.55. The van der Waals surface area contributed by atoms with Crippen molar-refractivity contribution in [3.8, 4) is 18.1 Å². The SMILES string of the molecule is C#CCn1c(=NC(=O)c2ccc(OC(C)C)cc2)sc2cc(C(=O)OC)ccc21. The number of aromatic nitrogens is 1. The molecule has 0 bridgehead atoms. The second-order valence-corrected chi connectivity index (χ2v) is 7.47. The Balaban J connectivity index is 2.01. The fourth-order valence-electron chi connectivity index (χ4n) is 2.75. The number of rotatable bonds is 5. The summed E-state index contributed by atoms with van der Waals surface area (Å²) >= 11 is 1.29. The molecule has 0 atom stereocenters. The van der Waals surface area contributed by atoms with E-state index in [0.717, 1.165) is 10.2 Å². The minimum Gasteiger partial charge on any atom is -0.491 e. The van der Waals surface area contributed by atoms with Crippen molar-refractivity contribution < 1.29 is 19.1 Å². The van der Waals surface area contributed by atoms with E-state index in [4.69, 9.17) is 15.9 Å². The maximum absolute atomic E-state index is 12.7. The zero-order valence-corrected chi connectivity index (χ0v) is 17.2. The number of carbonyl (C=O) groups is 2. The van der Waals surface area contributed by atoms with E-state index < -0.39 is 5.97 Å². The van der Waals surface area contributed by atoms with E-state index in [-0.39, 0.29) is 18.6 Å². The summed E-state index contributed by atoms with van der Waals surface area (Å²) in [5, 5.41) is 0. The molecule has 3 aromatic rings. The summed E-state index contributed by atoms with van der Waals surface area (Å²) < 4.78 is 12.9. The Labute approximate surface area is 172 Å². The summed E-state index contributed by atoms with van der Waals surface area (Å²) in [5.41, 5.74) is 1.67. The largest absolute Gasteiger partial charge is 0.491 e. The van der Waals surface area contributed by atoms with Crippen LogP contribution in [0.1, 0.15) is 34.6 Å². The molecule has 3 rings (SSSR count). The topological polar surface area (TPSA) is 69.9 Å². The van der Waals surface area contributed by atoms with Crippen LogP contribution in [0.4, 0.5) is 0 Å². The summed E-state index contributed by atoms with van der Waals surface area (Å²) in [5.74, 6) is 2.46. The van der Waals surface area contributed by atoms with E-state index >= 15 is 0 Å². The molecule has 7 heteroatoms. The van der Waals surface area contributed by atoms with Crippen molar-refractivity contribution in [2.45, 2.75) is 26.5 Å². The lowest BCUT2D eigenvalue weighted by atomic mass is 10.2. The van der Waals surface area contributed by atoms with E-state index in [9.17, 15) is 9.59 Å². The van der Waals surface area contributed by atoms with E-state index in [1.165, 1.54) is 18.4 Å². The normalized spacial score (nSPS) is 11.5. The maximum Gasteiger partial charge on any atom is 0.337 e. The van der Waals surface area contributed by atoms with Crippen molar-refractivity contribution in [1.82, 2.24) is 4.57 Å². The van der Waals surface area contributed by atoms with Gasteiger partial charge in [0.15, 0.2) is 4.80 Å². The number of terminal acetylenes is 1. The second kappa shape index (κ2) is 8.76. The Morgan fingerprint density at radius 3 is 2.48 bits per heavy atom. The lowest BCUT2D eigenvalue weighted by molar-refractivity contribution is 0.0600. The number of esters is 1. The molecule has 148 valence electrons. The van der Waals surface area contributed by atoms with Crippen LogP contribution in [0.5, 0.6) is 5.75 Å². The minimum absolute atomic E-state index is 0.0531. The van der Waals surface area contributed by atoms with Crippen molar-refractivity contribution in [1.29, 1.82) is 0 Å². The molecule has 0 aliphatic carbocycles. The van der Waals surface area contributed by atoms with Crippen molar-refractivity contribution in [3.05, 3.63) is 58.4 Å². The monoisotopic (exact) mass is 408 g/mol. The van der Waals surface area contributed by atoms with Gasteiger partial charge in [0.2, 0.25) is 0 Å². The number of amides is 1. The van der Waals surface area contributed by atoms with Crippen LogP contribution >= 0.6 is 11.3 Å². The van der Waals surface area contributed by atoms with Gasteiger partial charge in [0, 0.05) is 5.56 Å². The molecule has 1 heterocycles. The first-order chi connectivity index (χ1) is 13.9. The highest BCUT2D eigenvalue weighted by Gasteiger charge is 2.12. The number of fused-ring (bicyclic) bond motifs is 1. The fourth-order valence-corrected chi connectivity index (χ4v) is 3.81. The van der Waals surface area contributed by atoms with E-state index in [2.05, 4.69) is 10.9 Å². The third-order valence-electron chi connectivity index (χ3n) is 4.02. The smallest absolute Gasteiger partial charge is 0.337 e. The van der Waals surface area contributed by atoms with E-state index in [1.807, 2.05) is 13.8 Å². The molecular weight excluding hydrogens is 388 g/mol. The summed E-state index contributed by atoms with van der Waals surface area (Å²) in [4.78, 5) is 29.2. The highest BCUT2D eigenvalue weighted by Crippen LogP contribution is 2.20. The van der Waals surface area contributed by atoms with Gasteiger partial charge < -0.3 is 14.0 Å². The van der Waals surface area contributed by atoms with Crippen LogP contribution in [0.15, 0.2) is 47.5 Å². The number of nitrogens with zero attached hydrogens (tertiary/aromatic N) is 2. The number of hydrogen-bond acceptors (Lipinski definition) is 5. The Morgan fingerprint density at radius 2 is 1.86 bits per heavy atom. The fraction of sp³-hybridized carbons (Fsp3) is 0.227. The maximum atomic E-state index is 12.7. The van der Waals surface area contributed by atoms with Gasteiger partial charge in [0.25, 0.3) is 5.91 Å². The molecule has 0 aliphatic heterocycles. The zero-order valence-electron chi connectivity index (χ0n) is 16.3. The molecule has 0 N–H and O–H groups in total. The average Bonchev–Trinajstić information content (AvgIpc) is 3.04. The predicted octanol–water partition coefficient (Wildman–Crippen LogP) is 3.65. The quantitative estimate of drug-likeness (QED) is 0.477. The summed E-state index contributed by atoms with van der Waals surface area (Å²) in [6.45, 7) is 4.13. The van der Waals surface area contributed by atoms with E-state index in [1.54, 1.807) is 47.0 Å². The number of methoxy groups -OCH3 is 1. The van der Waals surface area contributed by atoms with Gasteiger partial charge in [-0.15, -0.1) is 6.42 Å². The molecule has 2 aromatic carbocycles. The van der Waals surface area contributed by atoms with Gasteiger partial charge in [-0.1, -0.05) is 17.3 Å². The van der Waals surface area contributed by atoms with Crippen LogP contribution in [0.3, 0.4) is 0 Å². The molecule has 29 heavy (non-hydrogen) atoms. The molecule has 1 amide bonds. The summed E-state index contributed by atoms with van der Waals surface area (Å²) in [7, 11) is 1.33. The van der Waals surface area contributed by atoms with Gasteiger partial charge in [0.05, 0.1) is 35.5 Å². The van der Waals surface area contributed by atoms with Gasteiger partial charge in [-0.3, -0.25) is 4.79 Å². The minimum atomic E-state index is -0.429. The number of thiazole rings is 1. The van der Waals surface area contributed by atoms with Crippen molar-refractivity contribution in [2.24, 2.45) is 4.99 Å². The molecule has 0 unspecified atom stereocenters. The van der Waals surface area contributed by atoms with E-state index in [0.29, 0.717) is 21.7 Å². The number of hydrogen-bond donors (Lipinski definition) is 0. The van der Waals surface area contributed by atoms with Crippen molar-refractivity contribution in [2.75, 3.05) is 7.11 Å². The second-order valence-electron chi connectivity index (χ2n) is 6.46. The van der Waals surface area contributed by atoms with Gasteiger partial charge >= 0.3 is 5.97 Å². The predicted molar refractivity (Wildman–Crippen MR) is 112 cm³/mol. The average molecular weight is 408 g/mol. The Bertz CT molecular complexity index is 1160. The Hall–Kier alpha value is -3.37. The van der Waals surface area contributed by atoms with Crippen molar-refractivity contribution >= 4 is 33.4 Å². The number of carbonyl (C=O) groups excluding carboxylic acids is 2. The number of benzene rings is 2. The Morgan fingerprint density at radius 1 is 1.17 bits per heavy atom. The highest BCUT2D eigenvalue weighted by atomic mass is 32.1. The first-order valence-electron chi connectivity index (χ1n) is 8.94. The van der Waals surface area contributed by atoms with Gasteiger partial charge in [-0.25, -0.2) is 4.79 Å². The zero-order chi connectivity index (χ0) is 21.0. The van der Waals surface area contributed by atoms with Crippen LogP contribution in [0.25, 0.3) is 10.2 Å². The third-order valence-corrected chi connectivity index (χ3v) is 5.06. The van der Waals surface area contributed by atoms with Gasteiger partial charge in [-0.05, 0) is 56.3 Å². The number of ether oxygens (including phenoxy) is 2. The lowest BCUT2D eigenvalue weighted by Gasteiger charge is -2.09. The molecular formula is C22H20N2O4S. The van der Waals surface area contributed by atoms with Crippen LogP contribution in [0.2, 0.25) is 0 Å². The first-order valence-corrected chi connectivity index (χ1v) is 9.75. The lowest BCUT2D eigenvalue weighted by Crippen LogP contribution is -2.16. The molecule has 0 saturated carbocycles. The molecule has 6 nitrogen and oxygen atoms in total. The van der Waals surface area contributed by atoms with Gasteiger partial charge in [-0.2, -0.15) is 4.99 Å². The highest BCUT2D eigenvalue weighted by molar-refractivity contribution is 7.16. The van der Waals surface area contributed by atoms with Gasteiger partial charge in [0.1, 0.15) is 5.75 Å². The van der Waals surface area contributed by atoms with Crippen LogP contribution in [-0.4, -0.2) is 29.7 Å². The summed E-state index contributed by atoms with van der Waals surface area (Å²) in [6, 6.07) is 12.0. The van der Waals surface area contributed by atoms with Crippen molar-refractivity contribution in [3.63, 3.8) is 0 Å². The standard InChI is InChI=1S/C22H20N2O4S/c1-5-12-24-18-11-8-16(21(26)27-4)13-19(18)29-22(24)23-20(25)15-6-9-17(10-7-15)28-14(2)3/h1,6-11,13-14H,12H2,2-4H3.